The van der Waals surface area contributed by atoms with Gasteiger partial charge in [-0.1, -0.05) is 50.2 Å². The molecule has 0 aliphatic carbocycles. The molecule has 0 bridgehead atoms. The van der Waals surface area contributed by atoms with Gasteiger partial charge < -0.3 is 10.1 Å². The zero-order valence-corrected chi connectivity index (χ0v) is 21.3. The molecule has 0 spiro atoms. The lowest BCUT2D eigenvalue weighted by atomic mass is 10.2. The normalized spacial score (nSPS) is 11.2. The summed E-state index contributed by atoms with van der Waals surface area (Å²) in [5.41, 5.74) is 2.02. The number of thiocarbonyl (C=S) groups is 1. The highest BCUT2D eigenvalue weighted by Crippen LogP contribution is 2.16. The molecule has 184 valence electrons. The predicted molar refractivity (Wildman–Crippen MR) is 142 cm³/mol. The van der Waals surface area contributed by atoms with E-state index in [-0.39, 0.29) is 15.9 Å². The molecular weight excluding hydrogens is 482 g/mol. The molecular formula is C26H29N3O4S2. The fourth-order valence-corrected chi connectivity index (χ4v) is 4.35. The van der Waals surface area contributed by atoms with Gasteiger partial charge in [-0.15, -0.1) is 0 Å². The van der Waals surface area contributed by atoms with E-state index in [1.54, 1.807) is 36.4 Å². The number of rotatable bonds is 10. The van der Waals surface area contributed by atoms with Gasteiger partial charge in [-0.05, 0) is 72.6 Å². The van der Waals surface area contributed by atoms with Crippen LogP contribution < -0.4 is 20.1 Å². The minimum absolute atomic E-state index is 0.0973. The van der Waals surface area contributed by atoms with E-state index in [0.29, 0.717) is 42.5 Å². The molecule has 0 aliphatic rings. The Labute approximate surface area is 212 Å². The van der Waals surface area contributed by atoms with Crippen LogP contribution in [0.1, 0.15) is 29.8 Å². The fourth-order valence-electron chi connectivity index (χ4n) is 3.10. The quantitative estimate of drug-likeness (QED) is 0.350. The molecule has 3 rings (SSSR count). The van der Waals surface area contributed by atoms with Crippen molar-refractivity contribution in [3.8, 4) is 5.75 Å². The molecule has 1 amide bonds. The SMILES string of the molecule is CC(C)COc1cccc(C(=O)NC(=S)Nc2ccc(S(=O)(=O)NCCc3ccccc3)cc2)c1. The van der Waals surface area contributed by atoms with Crippen LogP contribution in [0.15, 0.2) is 83.8 Å². The van der Waals surface area contributed by atoms with Crippen LogP contribution in [-0.2, 0) is 16.4 Å². The highest BCUT2D eigenvalue weighted by atomic mass is 32.2. The van der Waals surface area contributed by atoms with Crippen LogP contribution in [0.2, 0.25) is 0 Å². The molecule has 7 nitrogen and oxygen atoms in total. The van der Waals surface area contributed by atoms with Gasteiger partial charge in [0, 0.05) is 17.8 Å². The molecule has 0 saturated heterocycles. The van der Waals surface area contributed by atoms with Gasteiger partial charge in [0.15, 0.2) is 5.11 Å². The Bertz CT molecular complexity index is 1250. The predicted octanol–water partition coefficient (Wildman–Crippen LogP) is 4.37. The average molecular weight is 512 g/mol. The van der Waals surface area contributed by atoms with Gasteiger partial charge in [0.1, 0.15) is 5.75 Å². The first-order valence-electron chi connectivity index (χ1n) is 11.2. The van der Waals surface area contributed by atoms with E-state index in [1.165, 1.54) is 12.1 Å². The van der Waals surface area contributed by atoms with Gasteiger partial charge in [0.2, 0.25) is 10.0 Å². The molecule has 0 atom stereocenters. The third kappa shape index (κ3) is 8.47. The summed E-state index contributed by atoms with van der Waals surface area (Å²) in [7, 11) is -3.64. The molecule has 0 unspecified atom stereocenters. The van der Waals surface area contributed by atoms with Crippen molar-refractivity contribution in [1.29, 1.82) is 0 Å². The van der Waals surface area contributed by atoms with Crippen LogP contribution in [0.3, 0.4) is 0 Å². The smallest absolute Gasteiger partial charge is 0.257 e. The molecule has 3 aromatic carbocycles. The molecule has 35 heavy (non-hydrogen) atoms. The lowest BCUT2D eigenvalue weighted by Gasteiger charge is -2.12. The fraction of sp³-hybridized carbons (Fsp3) is 0.231. The Morgan fingerprint density at radius 2 is 1.69 bits per heavy atom. The number of anilines is 1. The van der Waals surface area contributed by atoms with E-state index >= 15 is 0 Å². The zero-order chi connectivity index (χ0) is 25.3. The van der Waals surface area contributed by atoms with E-state index < -0.39 is 10.0 Å². The van der Waals surface area contributed by atoms with Crippen molar-refractivity contribution in [2.45, 2.75) is 25.2 Å². The van der Waals surface area contributed by atoms with Crippen LogP contribution in [0, 0.1) is 5.92 Å². The van der Waals surface area contributed by atoms with Gasteiger partial charge >= 0.3 is 0 Å². The lowest BCUT2D eigenvalue weighted by molar-refractivity contribution is 0.0977. The van der Waals surface area contributed by atoms with Crippen LogP contribution in [0.25, 0.3) is 0 Å². The second kappa shape index (κ2) is 12.4. The zero-order valence-electron chi connectivity index (χ0n) is 19.7. The number of nitrogens with one attached hydrogen (secondary N) is 3. The van der Waals surface area contributed by atoms with Gasteiger partial charge in [-0.3, -0.25) is 10.1 Å². The van der Waals surface area contributed by atoms with E-state index in [4.69, 9.17) is 17.0 Å². The third-order valence-electron chi connectivity index (χ3n) is 4.88. The van der Waals surface area contributed by atoms with Crippen molar-refractivity contribution in [1.82, 2.24) is 10.0 Å². The molecule has 3 N–H and O–H groups in total. The average Bonchev–Trinajstić information content (AvgIpc) is 2.84. The van der Waals surface area contributed by atoms with Gasteiger partial charge in [-0.25, -0.2) is 13.1 Å². The van der Waals surface area contributed by atoms with Crippen molar-refractivity contribution >= 4 is 38.9 Å². The summed E-state index contributed by atoms with van der Waals surface area (Å²) in [6.45, 7) is 4.95. The highest BCUT2D eigenvalue weighted by Gasteiger charge is 2.14. The molecule has 0 heterocycles. The lowest BCUT2D eigenvalue weighted by Crippen LogP contribution is -2.34. The van der Waals surface area contributed by atoms with E-state index in [2.05, 4.69) is 15.4 Å². The molecule has 0 aliphatic heterocycles. The minimum atomic E-state index is -3.64. The number of sulfonamides is 1. The number of hydrogen-bond donors (Lipinski definition) is 3. The highest BCUT2D eigenvalue weighted by molar-refractivity contribution is 7.89. The number of hydrogen-bond acceptors (Lipinski definition) is 5. The molecule has 9 heteroatoms. The summed E-state index contributed by atoms with van der Waals surface area (Å²) in [5.74, 6) is 0.606. The second-order valence-electron chi connectivity index (χ2n) is 8.30. The summed E-state index contributed by atoms with van der Waals surface area (Å²) in [6, 6.07) is 22.7. The van der Waals surface area contributed by atoms with E-state index in [1.807, 2.05) is 44.2 Å². The van der Waals surface area contributed by atoms with Gasteiger partial charge in [0.05, 0.1) is 11.5 Å². The first-order chi connectivity index (χ1) is 16.7. The Kier molecular flexibility index (Phi) is 9.36. The maximum Gasteiger partial charge on any atom is 0.257 e. The van der Waals surface area contributed by atoms with Crippen molar-refractivity contribution in [3.63, 3.8) is 0 Å². The Morgan fingerprint density at radius 3 is 2.37 bits per heavy atom. The minimum Gasteiger partial charge on any atom is -0.493 e. The van der Waals surface area contributed by atoms with E-state index in [0.717, 1.165) is 5.56 Å². The first kappa shape index (κ1) is 26.3. The summed E-state index contributed by atoms with van der Waals surface area (Å²) >= 11 is 5.24. The Morgan fingerprint density at radius 1 is 0.971 bits per heavy atom. The summed E-state index contributed by atoms with van der Waals surface area (Å²) in [5, 5.41) is 5.61. The Hall–Kier alpha value is -3.27. The van der Waals surface area contributed by atoms with Crippen molar-refractivity contribution in [2.75, 3.05) is 18.5 Å². The first-order valence-corrected chi connectivity index (χ1v) is 13.1. The van der Waals surface area contributed by atoms with Gasteiger partial charge in [-0.2, -0.15) is 0 Å². The maximum atomic E-state index is 12.5. The largest absolute Gasteiger partial charge is 0.493 e. The topological polar surface area (TPSA) is 96.5 Å². The number of ether oxygens (including phenoxy) is 1. The number of benzene rings is 3. The number of carbonyl (C=O) groups excluding carboxylic acids is 1. The summed E-state index contributed by atoms with van der Waals surface area (Å²) in [6.07, 6.45) is 0.598. The second-order valence-corrected chi connectivity index (χ2v) is 10.5. The third-order valence-corrected chi connectivity index (χ3v) is 6.56. The van der Waals surface area contributed by atoms with Crippen LogP contribution in [0.4, 0.5) is 5.69 Å². The van der Waals surface area contributed by atoms with Crippen molar-refractivity contribution in [2.24, 2.45) is 5.92 Å². The van der Waals surface area contributed by atoms with Crippen LogP contribution in [-0.4, -0.2) is 32.6 Å². The number of carbonyl (C=O) groups is 1. The van der Waals surface area contributed by atoms with Crippen molar-refractivity contribution < 1.29 is 17.9 Å². The summed E-state index contributed by atoms with van der Waals surface area (Å²) < 4.78 is 33.4. The number of amides is 1. The standard InChI is InChI=1S/C26H29N3O4S2/c1-19(2)18-33-23-10-6-9-21(17-23)25(30)29-26(34)28-22-11-13-24(14-12-22)35(31,32)27-16-15-20-7-4-3-5-8-20/h3-14,17,19,27H,15-16,18H2,1-2H3,(H2,28,29,30,34). The van der Waals surface area contributed by atoms with Crippen molar-refractivity contribution in [3.05, 3.63) is 90.0 Å². The van der Waals surface area contributed by atoms with Crippen LogP contribution in [0.5, 0.6) is 5.75 Å². The van der Waals surface area contributed by atoms with Crippen LogP contribution >= 0.6 is 12.2 Å². The molecule has 0 saturated carbocycles. The maximum absolute atomic E-state index is 12.5. The Balaban J connectivity index is 1.52. The summed E-state index contributed by atoms with van der Waals surface area (Å²) in [4.78, 5) is 12.7. The van der Waals surface area contributed by atoms with E-state index in [9.17, 15) is 13.2 Å². The molecule has 0 fully saturated rings. The monoisotopic (exact) mass is 511 g/mol. The molecule has 3 aromatic rings. The molecule has 0 radical (unpaired) electrons. The van der Waals surface area contributed by atoms with Gasteiger partial charge in [0.25, 0.3) is 5.91 Å². The molecule has 0 aromatic heterocycles.